The monoisotopic (exact) mass is 509 g/mol. The standard InChI is InChI=1S/C26H18F3N3O5/c27-26(28,29)15-7-5-14(6-8-15)23-30-22(31-37-23)11-32-18-4-2-1-3-16(18)25(24(32)33)12-34-19-10-21-20(9-17(19)25)35-13-36-21/h1-8,10,20H,9,11-13H2. The van der Waals surface area contributed by atoms with Gasteiger partial charge in [0.05, 0.1) is 12.1 Å². The number of rotatable bonds is 3. The Bertz CT molecular complexity index is 1490. The first-order chi connectivity index (χ1) is 17.8. The molecule has 1 amide bonds. The maximum absolute atomic E-state index is 14.1. The Morgan fingerprint density at radius 3 is 2.70 bits per heavy atom. The number of amides is 1. The third-order valence-electron chi connectivity index (χ3n) is 7.22. The first kappa shape index (κ1) is 22.1. The van der Waals surface area contributed by atoms with Crippen molar-refractivity contribution in [2.45, 2.75) is 30.7 Å². The molecule has 1 aliphatic carbocycles. The SMILES string of the molecule is O=C1N(Cc2noc(-c3ccc(C(F)(F)F)cc3)n2)c2ccccc2C12COC1=C2CC2OCOC2=C1. The molecule has 2 aromatic carbocycles. The Kier molecular flexibility index (Phi) is 4.59. The van der Waals surface area contributed by atoms with Gasteiger partial charge in [-0.15, -0.1) is 0 Å². The van der Waals surface area contributed by atoms with E-state index in [2.05, 4.69) is 10.1 Å². The van der Waals surface area contributed by atoms with Crippen LogP contribution >= 0.6 is 0 Å². The fourth-order valence-corrected chi connectivity index (χ4v) is 5.43. The molecule has 8 nitrogen and oxygen atoms in total. The van der Waals surface area contributed by atoms with Crippen LogP contribution in [-0.4, -0.2) is 35.6 Å². The van der Waals surface area contributed by atoms with E-state index in [4.69, 9.17) is 18.7 Å². The number of para-hydroxylation sites is 1. The van der Waals surface area contributed by atoms with E-state index in [-0.39, 0.29) is 43.7 Å². The highest BCUT2D eigenvalue weighted by molar-refractivity contribution is 6.11. The Balaban J connectivity index is 1.20. The summed E-state index contributed by atoms with van der Waals surface area (Å²) in [4.78, 5) is 20.0. The molecule has 3 aromatic rings. The second-order valence-electron chi connectivity index (χ2n) is 9.20. The molecule has 7 rings (SSSR count). The summed E-state index contributed by atoms with van der Waals surface area (Å²) in [7, 11) is 0. The van der Waals surface area contributed by atoms with Gasteiger partial charge in [-0.2, -0.15) is 18.2 Å². The minimum absolute atomic E-state index is 0.0223. The number of carbonyl (C=O) groups excluding carboxylic acids is 1. The molecule has 0 N–H and O–H groups in total. The maximum Gasteiger partial charge on any atom is 0.416 e. The highest BCUT2D eigenvalue weighted by Gasteiger charge is 2.59. The third-order valence-corrected chi connectivity index (χ3v) is 7.22. The van der Waals surface area contributed by atoms with Crippen molar-refractivity contribution >= 4 is 11.6 Å². The average Bonchev–Trinajstić information content (AvgIpc) is 3.67. The topological polar surface area (TPSA) is 86.9 Å². The molecule has 37 heavy (non-hydrogen) atoms. The number of alkyl halides is 3. The number of allylic oxidation sites excluding steroid dienone is 1. The molecule has 1 fully saturated rings. The smallest absolute Gasteiger partial charge is 0.416 e. The van der Waals surface area contributed by atoms with Crippen LogP contribution in [0.15, 0.2) is 76.2 Å². The van der Waals surface area contributed by atoms with Gasteiger partial charge in [-0.25, -0.2) is 0 Å². The van der Waals surface area contributed by atoms with E-state index in [1.165, 1.54) is 12.1 Å². The maximum atomic E-state index is 14.1. The molecule has 2 unspecified atom stereocenters. The quantitative estimate of drug-likeness (QED) is 0.515. The van der Waals surface area contributed by atoms with Crippen molar-refractivity contribution in [1.82, 2.24) is 10.1 Å². The zero-order chi connectivity index (χ0) is 25.4. The van der Waals surface area contributed by atoms with Gasteiger partial charge in [-0.1, -0.05) is 23.4 Å². The molecule has 4 heterocycles. The number of hydrogen-bond acceptors (Lipinski definition) is 7. The van der Waals surface area contributed by atoms with E-state index >= 15 is 0 Å². The number of aromatic nitrogens is 2. The van der Waals surface area contributed by atoms with Crippen LogP contribution in [0.1, 0.15) is 23.4 Å². The Morgan fingerprint density at radius 1 is 1.08 bits per heavy atom. The molecular weight excluding hydrogens is 491 g/mol. The van der Waals surface area contributed by atoms with Gasteiger partial charge >= 0.3 is 6.18 Å². The Morgan fingerprint density at radius 2 is 1.89 bits per heavy atom. The number of hydrogen-bond donors (Lipinski definition) is 0. The summed E-state index contributed by atoms with van der Waals surface area (Å²) >= 11 is 0. The van der Waals surface area contributed by atoms with Gasteiger partial charge in [-0.3, -0.25) is 4.79 Å². The largest absolute Gasteiger partial charge is 0.492 e. The normalized spacial score (nSPS) is 24.1. The number of fused-ring (bicyclic) bond motifs is 4. The van der Waals surface area contributed by atoms with E-state index in [9.17, 15) is 18.0 Å². The summed E-state index contributed by atoms with van der Waals surface area (Å²) in [5.74, 6) is 1.45. The van der Waals surface area contributed by atoms with Crippen molar-refractivity contribution < 1.29 is 36.7 Å². The molecule has 3 aliphatic heterocycles. The van der Waals surface area contributed by atoms with Gasteiger partial charge in [0.25, 0.3) is 5.89 Å². The summed E-state index contributed by atoms with van der Waals surface area (Å²) in [6.45, 7) is 0.345. The average molecular weight is 509 g/mol. The zero-order valence-corrected chi connectivity index (χ0v) is 19.1. The van der Waals surface area contributed by atoms with Gasteiger partial charge in [0.1, 0.15) is 29.6 Å². The number of ether oxygens (including phenoxy) is 3. The molecule has 0 radical (unpaired) electrons. The van der Waals surface area contributed by atoms with Crippen molar-refractivity contribution in [2.75, 3.05) is 18.3 Å². The summed E-state index contributed by atoms with van der Waals surface area (Å²) < 4.78 is 61.2. The van der Waals surface area contributed by atoms with E-state index in [0.29, 0.717) is 29.2 Å². The van der Waals surface area contributed by atoms with Crippen LogP contribution in [-0.2, 0) is 37.1 Å². The minimum Gasteiger partial charge on any atom is -0.492 e. The van der Waals surface area contributed by atoms with Crippen molar-refractivity contribution in [2.24, 2.45) is 0 Å². The minimum atomic E-state index is -4.44. The first-order valence-corrected chi connectivity index (χ1v) is 11.6. The molecule has 1 aromatic heterocycles. The first-order valence-electron chi connectivity index (χ1n) is 11.6. The van der Waals surface area contributed by atoms with Gasteiger partial charge in [-0.05, 0) is 41.5 Å². The lowest BCUT2D eigenvalue weighted by Crippen LogP contribution is -2.43. The molecule has 1 saturated heterocycles. The lowest BCUT2D eigenvalue weighted by atomic mass is 9.73. The molecule has 1 spiro atoms. The van der Waals surface area contributed by atoms with E-state index in [0.717, 1.165) is 23.3 Å². The van der Waals surface area contributed by atoms with Crippen LogP contribution in [0, 0.1) is 0 Å². The molecule has 0 bridgehead atoms. The molecule has 11 heteroatoms. The summed E-state index contributed by atoms with van der Waals surface area (Å²) in [6, 6.07) is 12.0. The fourth-order valence-electron chi connectivity index (χ4n) is 5.43. The number of nitrogens with zero attached hydrogens (tertiary/aromatic N) is 3. The van der Waals surface area contributed by atoms with Crippen molar-refractivity contribution in [3.05, 3.63) is 88.6 Å². The Labute approximate surface area is 207 Å². The number of anilines is 1. The Hall–Kier alpha value is -4.12. The zero-order valence-electron chi connectivity index (χ0n) is 19.1. The predicted octanol–water partition coefficient (Wildman–Crippen LogP) is 4.48. The van der Waals surface area contributed by atoms with Crippen LogP contribution in [0.4, 0.5) is 18.9 Å². The second kappa shape index (κ2) is 7.69. The van der Waals surface area contributed by atoms with Crippen LogP contribution in [0.2, 0.25) is 0 Å². The van der Waals surface area contributed by atoms with Crippen molar-refractivity contribution in [1.29, 1.82) is 0 Å². The van der Waals surface area contributed by atoms with Gasteiger partial charge in [0.15, 0.2) is 12.6 Å². The predicted molar refractivity (Wildman–Crippen MR) is 121 cm³/mol. The summed E-state index contributed by atoms with van der Waals surface area (Å²) in [5, 5.41) is 3.98. The van der Waals surface area contributed by atoms with Gasteiger partial charge in [0.2, 0.25) is 5.91 Å². The highest BCUT2D eigenvalue weighted by atomic mass is 19.4. The summed E-state index contributed by atoms with van der Waals surface area (Å²) in [5.41, 5.74) is 0.965. The molecule has 0 saturated carbocycles. The van der Waals surface area contributed by atoms with Gasteiger partial charge < -0.3 is 23.6 Å². The van der Waals surface area contributed by atoms with Gasteiger partial charge in [0, 0.05) is 23.7 Å². The van der Waals surface area contributed by atoms with Crippen LogP contribution in [0.5, 0.6) is 0 Å². The van der Waals surface area contributed by atoms with E-state index in [1.54, 1.807) is 11.0 Å². The molecular formula is C26H18F3N3O5. The lowest BCUT2D eigenvalue weighted by Gasteiger charge is -2.27. The highest BCUT2D eigenvalue weighted by Crippen LogP contribution is 2.54. The van der Waals surface area contributed by atoms with Crippen molar-refractivity contribution in [3.8, 4) is 11.5 Å². The van der Waals surface area contributed by atoms with Crippen molar-refractivity contribution in [3.63, 3.8) is 0 Å². The fraction of sp³-hybridized carbons (Fsp3) is 0.269. The number of halogens is 3. The van der Waals surface area contributed by atoms with Crippen LogP contribution in [0.25, 0.3) is 11.5 Å². The molecule has 188 valence electrons. The van der Waals surface area contributed by atoms with E-state index < -0.39 is 17.2 Å². The third kappa shape index (κ3) is 3.23. The molecule has 4 aliphatic rings. The van der Waals surface area contributed by atoms with E-state index in [1.807, 2.05) is 24.3 Å². The summed E-state index contributed by atoms with van der Waals surface area (Å²) in [6.07, 6.45) is -2.41. The lowest BCUT2D eigenvalue weighted by molar-refractivity contribution is -0.137. The second-order valence-corrected chi connectivity index (χ2v) is 9.20. The molecule has 2 atom stereocenters. The van der Waals surface area contributed by atoms with Crippen LogP contribution in [0.3, 0.4) is 0 Å². The number of benzene rings is 2. The number of carbonyl (C=O) groups is 1. The van der Waals surface area contributed by atoms with Crippen LogP contribution < -0.4 is 4.90 Å².